The maximum atomic E-state index is 6.17. The Labute approximate surface area is 349 Å². The molecule has 0 aliphatic carbocycles. The van der Waals surface area contributed by atoms with Crippen molar-refractivity contribution in [3.63, 3.8) is 0 Å². The average molecular weight is 784 g/mol. The second kappa shape index (κ2) is 14.0. The smallest absolute Gasteiger partial charge is 0.160 e. The van der Waals surface area contributed by atoms with Crippen LogP contribution in [0.2, 0.25) is 0 Å². The van der Waals surface area contributed by atoms with E-state index in [4.69, 9.17) is 19.4 Å². The van der Waals surface area contributed by atoms with E-state index in [2.05, 4.69) is 158 Å². The monoisotopic (exact) mass is 783 g/mol. The SMILES string of the molecule is c1ccc(-c2cccc(-c3cccc4nc(-c5cccc(-c6cc(-c7ccc8oc9ccccc9c8c7)nc(-c7ccccc7)n6)c5)c5sc6ccccc6c5c34)c2)cc1. The fourth-order valence-electron chi connectivity index (χ4n) is 8.63. The summed E-state index contributed by atoms with van der Waals surface area (Å²) in [7, 11) is 0. The maximum absolute atomic E-state index is 6.17. The van der Waals surface area contributed by atoms with Gasteiger partial charge in [-0.2, -0.15) is 0 Å². The predicted octanol–water partition coefficient (Wildman–Crippen LogP) is 15.3. The summed E-state index contributed by atoms with van der Waals surface area (Å²) in [6.07, 6.45) is 0. The van der Waals surface area contributed by atoms with Crippen LogP contribution >= 0.6 is 11.3 Å². The van der Waals surface area contributed by atoms with Crippen molar-refractivity contribution in [2.45, 2.75) is 0 Å². The van der Waals surface area contributed by atoms with Gasteiger partial charge < -0.3 is 4.42 Å². The first-order valence-electron chi connectivity index (χ1n) is 20.1. The molecular formula is C55H33N3OS. The van der Waals surface area contributed by atoms with Gasteiger partial charge in [-0.05, 0) is 76.9 Å². The van der Waals surface area contributed by atoms with Crippen LogP contribution in [0.5, 0.6) is 0 Å². The summed E-state index contributed by atoms with van der Waals surface area (Å²) >= 11 is 1.81. The number of furan rings is 1. The van der Waals surface area contributed by atoms with Crippen molar-refractivity contribution in [2.24, 2.45) is 0 Å². The Morgan fingerprint density at radius 2 is 0.983 bits per heavy atom. The molecule has 280 valence electrons. The minimum atomic E-state index is 0.672. The topological polar surface area (TPSA) is 51.8 Å². The largest absolute Gasteiger partial charge is 0.456 e. The number of rotatable bonds is 6. The number of fused-ring (bicyclic) bond motifs is 8. The van der Waals surface area contributed by atoms with Gasteiger partial charge in [-0.1, -0.05) is 146 Å². The maximum Gasteiger partial charge on any atom is 0.160 e. The second-order valence-electron chi connectivity index (χ2n) is 15.1. The molecule has 0 radical (unpaired) electrons. The number of pyridine rings is 1. The quantitative estimate of drug-likeness (QED) is 0.169. The van der Waals surface area contributed by atoms with Crippen molar-refractivity contribution in [3.8, 4) is 67.4 Å². The van der Waals surface area contributed by atoms with Gasteiger partial charge in [0.2, 0.25) is 0 Å². The van der Waals surface area contributed by atoms with E-state index in [1.54, 1.807) is 0 Å². The molecule has 0 N–H and O–H groups in total. The van der Waals surface area contributed by atoms with Gasteiger partial charge >= 0.3 is 0 Å². The highest BCUT2D eigenvalue weighted by atomic mass is 32.1. The highest BCUT2D eigenvalue weighted by molar-refractivity contribution is 7.26. The average Bonchev–Trinajstić information content (AvgIpc) is 3.90. The molecule has 0 saturated carbocycles. The molecule has 12 aromatic rings. The lowest BCUT2D eigenvalue weighted by atomic mass is 9.93. The van der Waals surface area contributed by atoms with E-state index in [1.165, 1.54) is 47.8 Å². The zero-order chi connectivity index (χ0) is 39.6. The van der Waals surface area contributed by atoms with Crippen LogP contribution in [0.3, 0.4) is 0 Å². The molecule has 4 nitrogen and oxygen atoms in total. The van der Waals surface area contributed by atoms with Crippen LogP contribution in [0.1, 0.15) is 0 Å². The number of hydrogen-bond donors (Lipinski definition) is 0. The number of hydrogen-bond acceptors (Lipinski definition) is 5. The third-order valence-electron chi connectivity index (χ3n) is 11.5. The lowest BCUT2D eigenvalue weighted by Gasteiger charge is -2.14. The summed E-state index contributed by atoms with van der Waals surface area (Å²) in [5.74, 6) is 0.672. The summed E-state index contributed by atoms with van der Waals surface area (Å²) in [6, 6.07) is 70.2. The number of benzene rings is 8. The minimum absolute atomic E-state index is 0.672. The molecule has 0 spiro atoms. The van der Waals surface area contributed by atoms with Crippen molar-refractivity contribution < 1.29 is 4.42 Å². The van der Waals surface area contributed by atoms with Crippen molar-refractivity contribution in [2.75, 3.05) is 0 Å². The van der Waals surface area contributed by atoms with Gasteiger partial charge in [-0.15, -0.1) is 11.3 Å². The van der Waals surface area contributed by atoms with Gasteiger partial charge in [0.25, 0.3) is 0 Å². The van der Waals surface area contributed by atoms with E-state index >= 15 is 0 Å². The Hall–Kier alpha value is -7.73. The van der Waals surface area contributed by atoms with Crippen LogP contribution < -0.4 is 0 Å². The van der Waals surface area contributed by atoms with Crippen molar-refractivity contribution >= 4 is 64.4 Å². The second-order valence-corrected chi connectivity index (χ2v) is 16.2. The fourth-order valence-corrected chi connectivity index (χ4v) is 9.85. The molecular weight excluding hydrogens is 751 g/mol. The summed E-state index contributed by atoms with van der Waals surface area (Å²) in [5.41, 5.74) is 14.1. The lowest BCUT2D eigenvalue weighted by Crippen LogP contribution is -1.96. The molecule has 8 aromatic carbocycles. The zero-order valence-corrected chi connectivity index (χ0v) is 33.0. The van der Waals surface area contributed by atoms with E-state index < -0.39 is 0 Å². The zero-order valence-electron chi connectivity index (χ0n) is 32.2. The first-order valence-corrected chi connectivity index (χ1v) is 20.9. The van der Waals surface area contributed by atoms with Gasteiger partial charge in [-0.25, -0.2) is 15.0 Å². The predicted molar refractivity (Wildman–Crippen MR) is 250 cm³/mol. The Balaban J connectivity index is 1.04. The highest BCUT2D eigenvalue weighted by Gasteiger charge is 2.20. The van der Waals surface area contributed by atoms with Crippen molar-refractivity contribution in [1.29, 1.82) is 0 Å². The molecule has 0 aliphatic heterocycles. The molecule has 5 heteroatoms. The van der Waals surface area contributed by atoms with E-state index in [0.717, 1.165) is 66.8 Å². The third-order valence-corrected chi connectivity index (χ3v) is 12.7. The van der Waals surface area contributed by atoms with Crippen LogP contribution in [0.4, 0.5) is 0 Å². The molecule has 0 atom stereocenters. The minimum Gasteiger partial charge on any atom is -0.456 e. The molecule has 60 heavy (non-hydrogen) atoms. The van der Waals surface area contributed by atoms with E-state index in [-0.39, 0.29) is 0 Å². The first-order chi connectivity index (χ1) is 29.7. The molecule has 0 aliphatic rings. The summed E-state index contributed by atoms with van der Waals surface area (Å²) < 4.78 is 8.58. The van der Waals surface area contributed by atoms with Crippen molar-refractivity contribution in [1.82, 2.24) is 15.0 Å². The van der Waals surface area contributed by atoms with Crippen LogP contribution in [-0.4, -0.2) is 15.0 Å². The third kappa shape index (κ3) is 5.78. The van der Waals surface area contributed by atoms with Gasteiger partial charge in [0.15, 0.2) is 5.82 Å². The van der Waals surface area contributed by atoms with Crippen LogP contribution in [0.25, 0.3) is 120 Å². The van der Waals surface area contributed by atoms with Gasteiger partial charge in [0, 0.05) is 53.9 Å². The van der Waals surface area contributed by atoms with Crippen LogP contribution in [-0.2, 0) is 0 Å². The van der Waals surface area contributed by atoms with E-state index in [0.29, 0.717) is 5.82 Å². The summed E-state index contributed by atoms with van der Waals surface area (Å²) in [6.45, 7) is 0. The molecule has 4 aromatic heterocycles. The summed E-state index contributed by atoms with van der Waals surface area (Å²) in [4.78, 5) is 15.9. The molecule has 12 rings (SSSR count). The first kappa shape index (κ1) is 34.3. The normalized spacial score (nSPS) is 11.7. The Morgan fingerprint density at radius 3 is 1.82 bits per heavy atom. The number of para-hydroxylation sites is 1. The molecule has 0 saturated heterocycles. The summed E-state index contributed by atoms with van der Waals surface area (Å²) in [5, 5.41) is 5.80. The van der Waals surface area contributed by atoms with Crippen molar-refractivity contribution in [3.05, 3.63) is 200 Å². The van der Waals surface area contributed by atoms with Gasteiger partial charge in [0.05, 0.1) is 27.3 Å². The molecule has 0 bridgehead atoms. The Morgan fingerprint density at radius 1 is 0.367 bits per heavy atom. The molecule has 4 heterocycles. The lowest BCUT2D eigenvalue weighted by molar-refractivity contribution is 0.669. The Bertz CT molecular complexity index is 3610. The van der Waals surface area contributed by atoms with Crippen LogP contribution in [0.15, 0.2) is 205 Å². The molecule has 0 amide bonds. The molecule has 0 unspecified atom stereocenters. The van der Waals surface area contributed by atoms with Gasteiger partial charge in [-0.3, -0.25) is 0 Å². The van der Waals surface area contributed by atoms with E-state index in [9.17, 15) is 0 Å². The van der Waals surface area contributed by atoms with Gasteiger partial charge in [0.1, 0.15) is 11.2 Å². The highest BCUT2D eigenvalue weighted by Crippen LogP contribution is 2.46. The number of aromatic nitrogens is 3. The Kier molecular flexibility index (Phi) is 8.00. The molecule has 0 fully saturated rings. The number of thiophene rings is 1. The number of nitrogens with zero attached hydrogens (tertiary/aromatic N) is 3. The van der Waals surface area contributed by atoms with Crippen LogP contribution in [0, 0.1) is 0 Å². The fraction of sp³-hybridized carbons (Fsp3) is 0. The van der Waals surface area contributed by atoms with E-state index in [1.807, 2.05) is 53.8 Å². The standard InChI is InChI=1S/C55H33N3OS/c1-3-14-34(15-4-1)36-18-11-19-37(30-36)41-24-13-25-45-51(41)52-43-23-8-10-27-50(43)60-54(52)53(56-45)40-21-12-20-38(31-40)46-33-47(58-55(57-46)35-16-5-2-6-17-35)39-28-29-49-44(32-39)42-22-7-9-26-48(42)59-49/h1-33H.